The van der Waals surface area contributed by atoms with Gasteiger partial charge in [-0.3, -0.25) is 9.69 Å². The summed E-state index contributed by atoms with van der Waals surface area (Å²) in [5.41, 5.74) is 0. The molecule has 1 N–H and O–H groups in total. The molecule has 20 heavy (non-hydrogen) atoms. The van der Waals surface area contributed by atoms with Gasteiger partial charge in [-0.15, -0.1) is 6.42 Å². The van der Waals surface area contributed by atoms with Crippen LogP contribution in [0.15, 0.2) is 0 Å². The lowest BCUT2D eigenvalue weighted by molar-refractivity contribution is -0.126. The van der Waals surface area contributed by atoms with Crippen LogP contribution in [-0.4, -0.2) is 80.7 Å². The molecule has 1 heterocycles. The number of nitrogens with one attached hydrogen (secondary N) is 1. The summed E-state index contributed by atoms with van der Waals surface area (Å²) in [5, 5.41) is 2.63. The molecule has 1 fully saturated rings. The summed E-state index contributed by atoms with van der Waals surface area (Å²) in [6.07, 6.45) is 5.09. The minimum Gasteiger partial charge on any atom is -0.344 e. The number of amides is 1. The molecule has 1 amide bonds. The van der Waals surface area contributed by atoms with Crippen LogP contribution in [0.3, 0.4) is 0 Å². The largest absolute Gasteiger partial charge is 0.344 e. The van der Waals surface area contributed by atoms with Crippen LogP contribution in [0.25, 0.3) is 0 Å². The van der Waals surface area contributed by atoms with E-state index in [0.29, 0.717) is 26.2 Å². The lowest BCUT2D eigenvalue weighted by atomic mass is 10.2. The molecule has 0 aromatic heterocycles. The Bertz CT molecular complexity index is 475. The highest BCUT2D eigenvalue weighted by molar-refractivity contribution is 7.86. The minimum absolute atomic E-state index is 0.133. The molecule has 0 bridgehead atoms. The van der Waals surface area contributed by atoms with Crippen molar-refractivity contribution in [3.8, 4) is 12.3 Å². The smallest absolute Gasteiger partial charge is 0.281 e. The number of hydrogen-bond acceptors (Lipinski definition) is 4. The zero-order valence-electron chi connectivity index (χ0n) is 12.2. The first-order valence-corrected chi connectivity index (χ1v) is 7.83. The Labute approximate surface area is 121 Å². The number of hydrogen-bond donors (Lipinski definition) is 1. The van der Waals surface area contributed by atoms with E-state index < -0.39 is 10.2 Å². The van der Waals surface area contributed by atoms with Crippen molar-refractivity contribution in [2.45, 2.75) is 13.0 Å². The van der Waals surface area contributed by atoms with E-state index in [4.69, 9.17) is 6.42 Å². The van der Waals surface area contributed by atoms with Gasteiger partial charge in [0.25, 0.3) is 10.2 Å². The van der Waals surface area contributed by atoms with Crippen LogP contribution < -0.4 is 5.32 Å². The fourth-order valence-corrected chi connectivity index (χ4v) is 3.09. The van der Waals surface area contributed by atoms with Crippen molar-refractivity contribution < 1.29 is 13.2 Å². The standard InChI is InChI=1S/C12H22N4O3S/c1-5-6-13-12(17)11(2)15-7-9-16(10-8-15)20(18,19)14(3)4/h1,11H,6-10H2,2-4H3,(H,13,17). The molecular weight excluding hydrogens is 280 g/mol. The fourth-order valence-electron chi connectivity index (χ4n) is 2.00. The Morgan fingerprint density at radius 1 is 1.35 bits per heavy atom. The maximum atomic E-state index is 12.0. The summed E-state index contributed by atoms with van der Waals surface area (Å²) in [4.78, 5) is 13.8. The number of piperazine rings is 1. The van der Waals surface area contributed by atoms with Crippen molar-refractivity contribution in [3.63, 3.8) is 0 Å². The van der Waals surface area contributed by atoms with E-state index in [2.05, 4.69) is 11.2 Å². The van der Waals surface area contributed by atoms with Crippen LogP contribution in [0.5, 0.6) is 0 Å². The molecule has 1 atom stereocenters. The van der Waals surface area contributed by atoms with Crippen molar-refractivity contribution >= 4 is 16.1 Å². The predicted molar refractivity (Wildman–Crippen MR) is 77.1 cm³/mol. The number of rotatable bonds is 5. The second kappa shape index (κ2) is 7.04. The van der Waals surface area contributed by atoms with Crippen LogP contribution in [0.1, 0.15) is 6.92 Å². The SMILES string of the molecule is C#CCNC(=O)C(C)N1CCN(S(=O)(=O)N(C)C)CC1. The molecule has 1 aliphatic rings. The highest BCUT2D eigenvalue weighted by atomic mass is 32.2. The molecule has 0 radical (unpaired) electrons. The minimum atomic E-state index is -3.37. The average molecular weight is 302 g/mol. The highest BCUT2D eigenvalue weighted by Gasteiger charge is 2.31. The van der Waals surface area contributed by atoms with Gasteiger partial charge < -0.3 is 5.32 Å². The van der Waals surface area contributed by atoms with Crippen molar-refractivity contribution in [2.75, 3.05) is 46.8 Å². The zero-order chi connectivity index (χ0) is 15.3. The first-order chi connectivity index (χ1) is 9.30. The molecule has 8 heteroatoms. The molecule has 1 aliphatic heterocycles. The van der Waals surface area contributed by atoms with Crippen LogP contribution >= 0.6 is 0 Å². The molecule has 7 nitrogen and oxygen atoms in total. The van der Waals surface area contributed by atoms with Crippen molar-refractivity contribution in [3.05, 3.63) is 0 Å². The molecule has 1 saturated heterocycles. The third-order valence-corrected chi connectivity index (χ3v) is 5.29. The maximum absolute atomic E-state index is 12.0. The summed E-state index contributed by atoms with van der Waals surface area (Å²) in [7, 11) is -0.348. The quantitative estimate of drug-likeness (QED) is 0.631. The van der Waals surface area contributed by atoms with Crippen LogP contribution in [-0.2, 0) is 15.0 Å². The van der Waals surface area contributed by atoms with E-state index in [1.165, 1.54) is 22.7 Å². The Morgan fingerprint density at radius 3 is 2.35 bits per heavy atom. The number of nitrogens with zero attached hydrogens (tertiary/aromatic N) is 3. The molecule has 0 aromatic carbocycles. The van der Waals surface area contributed by atoms with Gasteiger partial charge in [-0.1, -0.05) is 5.92 Å². The molecule has 1 rings (SSSR count). The second-order valence-electron chi connectivity index (χ2n) is 4.82. The van der Waals surface area contributed by atoms with Crippen LogP contribution in [0.4, 0.5) is 0 Å². The van der Waals surface area contributed by atoms with Crippen LogP contribution in [0.2, 0.25) is 0 Å². The van der Waals surface area contributed by atoms with Gasteiger partial charge >= 0.3 is 0 Å². The molecule has 0 aromatic rings. The first-order valence-electron chi connectivity index (χ1n) is 6.43. The molecule has 0 aliphatic carbocycles. The predicted octanol–water partition coefficient (Wildman–Crippen LogP) is -1.45. The lowest BCUT2D eigenvalue weighted by Crippen LogP contribution is -2.56. The van der Waals surface area contributed by atoms with E-state index in [1.54, 1.807) is 6.92 Å². The third-order valence-electron chi connectivity index (χ3n) is 3.35. The lowest BCUT2D eigenvalue weighted by Gasteiger charge is -2.37. The van der Waals surface area contributed by atoms with Gasteiger partial charge in [-0.2, -0.15) is 17.0 Å². The topological polar surface area (TPSA) is 73.0 Å². The van der Waals surface area contributed by atoms with Gasteiger partial charge in [0.1, 0.15) is 0 Å². The van der Waals surface area contributed by atoms with Gasteiger partial charge in [0.15, 0.2) is 0 Å². The van der Waals surface area contributed by atoms with Crippen molar-refractivity contribution in [1.29, 1.82) is 0 Å². The Hall–Kier alpha value is -1.14. The van der Waals surface area contributed by atoms with Crippen LogP contribution in [0, 0.1) is 12.3 Å². The summed E-state index contributed by atoms with van der Waals surface area (Å²) >= 11 is 0. The Kier molecular flexibility index (Phi) is 5.95. The Morgan fingerprint density at radius 2 is 1.90 bits per heavy atom. The molecule has 0 saturated carbocycles. The number of carbonyl (C=O) groups excluding carboxylic acids is 1. The normalized spacial score (nSPS) is 19.6. The monoisotopic (exact) mass is 302 g/mol. The maximum Gasteiger partial charge on any atom is 0.281 e. The van der Waals surface area contributed by atoms with Gasteiger partial charge in [0, 0.05) is 40.3 Å². The summed E-state index contributed by atoms with van der Waals surface area (Å²) in [6, 6.07) is -0.312. The van der Waals surface area contributed by atoms with Gasteiger partial charge in [0.05, 0.1) is 12.6 Å². The van der Waals surface area contributed by atoms with E-state index in [0.717, 1.165) is 0 Å². The van der Waals surface area contributed by atoms with E-state index in [9.17, 15) is 13.2 Å². The third kappa shape index (κ3) is 3.93. The molecule has 0 spiro atoms. The second-order valence-corrected chi connectivity index (χ2v) is 6.97. The van der Waals surface area contributed by atoms with E-state index in [-0.39, 0.29) is 18.5 Å². The Balaban J connectivity index is 2.54. The molecule has 114 valence electrons. The number of terminal acetylenes is 1. The fraction of sp³-hybridized carbons (Fsp3) is 0.750. The van der Waals surface area contributed by atoms with E-state index in [1.807, 2.05) is 4.90 Å². The average Bonchev–Trinajstić information content (AvgIpc) is 2.43. The highest BCUT2D eigenvalue weighted by Crippen LogP contribution is 2.11. The van der Waals surface area contributed by atoms with E-state index >= 15 is 0 Å². The van der Waals surface area contributed by atoms with Gasteiger partial charge in [0.2, 0.25) is 5.91 Å². The number of carbonyl (C=O) groups is 1. The summed E-state index contributed by atoms with van der Waals surface area (Å²) in [6.45, 7) is 3.82. The van der Waals surface area contributed by atoms with Gasteiger partial charge in [-0.05, 0) is 6.92 Å². The molecule has 1 unspecified atom stereocenters. The zero-order valence-corrected chi connectivity index (χ0v) is 13.0. The summed E-state index contributed by atoms with van der Waals surface area (Å²) < 4.78 is 26.6. The summed E-state index contributed by atoms with van der Waals surface area (Å²) in [5.74, 6) is 2.22. The first kappa shape index (κ1) is 16.9. The van der Waals surface area contributed by atoms with Crippen molar-refractivity contribution in [1.82, 2.24) is 18.8 Å². The van der Waals surface area contributed by atoms with Gasteiger partial charge in [-0.25, -0.2) is 0 Å². The molecular formula is C12H22N4O3S. The van der Waals surface area contributed by atoms with Crippen molar-refractivity contribution in [2.24, 2.45) is 0 Å².